The number of carbonyl (C=O) groups excluding carboxylic acids is 4. The molecule has 7 rings (SSSR count). The fourth-order valence-electron chi connectivity index (χ4n) is 5.70. The van der Waals surface area contributed by atoms with Crippen molar-refractivity contribution in [2.75, 3.05) is 80.0 Å². The quantitative estimate of drug-likeness (QED) is 0.278. The Morgan fingerprint density at radius 2 is 0.933 bits per heavy atom. The first kappa shape index (κ1) is 30.5. The van der Waals surface area contributed by atoms with Crippen LogP contribution in [-0.4, -0.2) is 158 Å². The third-order valence-corrected chi connectivity index (χ3v) is 7.89. The van der Waals surface area contributed by atoms with Gasteiger partial charge in [-0.1, -0.05) is 24.3 Å². The highest BCUT2D eigenvalue weighted by Gasteiger charge is 2.48. The topological polar surface area (TPSA) is 159 Å². The highest BCUT2D eigenvalue weighted by atomic mass is 16.6. The van der Waals surface area contributed by atoms with Gasteiger partial charge in [-0.3, -0.25) is 0 Å². The van der Waals surface area contributed by atoms with Crippen molar-refractivity contribution in [2.24, 2.45) is 10.2 Å². The van der Waals surface area contributed by atoms with Crippen molar-refractivity contribution in [3.63, 3.8) is 0 Å². The fraction of sp³-hybridized carbons (Fsp3) is 0.571. The molecule has 1 aromatic rings. The zero-order valence-corrected chi connectivity index (χ0v) is 25.2. The van der Waals surface area contributed by atoms with Gasteiger partial charge in [-0.15, -0.1) is 10.2 Å². The number of nitrogens with zero attached hydrogens (tertiary/aromatic N) is 8. The van der Waals surface area contributed by atoms with E-state index in [0.29, 0.717) is 75.2 Å². The first-order chi connectivity index (χ1) is 21.8. The van der Waals surface area contributed by atoms with Gasteiger partial charge in [-0.25, -0.2) is 49.2 Å². The van der Waals surface area contributed by atoms with E-state index in [9.17, 15) is 19.2 Å². The molecule has 2 saturated heterocycles. The highest BCUT2D eigenvalue weighted by molar-refractivity contribution is 6.06. The molecule has 6 aliphatic heterocycles. The molecule has 242 valence electrons. The number of hydrogen-bond acceptors (Lipinski definition) is 13. The van der Waals surface area contributed by atoms with Crippen molar-refractivity contribution >= 4 is 35.7 Å². The van der Waals surface area contributed by atoms with E-state index in [1.807, 2.05) is 0 Å². The third-order valence-electron chi connectivity index (χ3n) is 7.89. The van der Waals surface area contributed by atoms with Crippen LogP contribution in [0.3, 0.4) is 0 Å². The van der Waals surface area contributed by atoms with Crippen molar-refractivity contribution < 1.29 is 42.9 Å². The zero-order valence-electron chi connectivity index (χ0n) is 25.2. The van der Waals surface area contributed by atoms with Crippen molar-refractivity contribution in [1.29, 1.82) is 0 Å². The Bertz CT molecular complexity index is 1270. The van der Waals surface area contributed by atoms with Crippen LogP contribution in [0.4, 0.5) is 9.59 Å². The lowest BCUT2D eigenvalue weighted by Gasteiger charge is -2.39. The van der Waals surface area contributed by atoms with Gasteiger partial charge in [0.05, 0.1) is 39.6 Å². The van der Waals surface area contributed by atoms with Gasteiger partial charge in [-0.05, 0) is 0 Å². The normalized spacial score (nSPS) is 25.6. The summed E-state index contributed by atoms with van der Waals surface area (Å²) in [4.78, 5) is 52.2. The first-order valence-corrected chi connectivity index (χ1v) is 14.9. The molecule has 2 atom stereocenters. The fourth-order valence-corrected chi connectivity index (χ4v) is 5.70. The van der Waals surface area contributed by atoms with Crippen LogP contribution in [0.15, 0.2) is 34.5 Å². The maximum atomic E-state index is 13.2. The summed E-state index contributed by atoms with van der Waals surface area (Å²) >= 11 is 0. The van der Waals surface area contributed by atoms with Crippen LogP contribution in [0.1, 0.15) is 24.0 Å². The molecule has 0 N–H and O–H groups in total. The lowest BCUT2D eigenvalue weighted by Crippen LogP contribution is -2.57. The maximum absolute atomic E-state index is 13.2. The number of carbonyl (C=O) groups is 4. The van der Waals surface area contributed by atoms with Crippen LogP contribution in [0, 0.1) is 0 Å². The molecule has 0 aliphatic carbocycles. The second kappa shape index (κ2) is 13.3. The number of amidine groups is 2. The molecule has 2 fully saturated rings. The number of amides is 4. The van der Waals surface area contributed by atoms with Gasteiger partial charge < -0.3 is 23.7 Å². The van der Waals surface area contributed by atoms with E-state index >= 15 is 0 Å². The monoisotopic (exact) mass is 628 g/mol. The Morgan fingerprint density at radius 1 is 0.578 bits per heavy atom. The molecular weight excluding hydrogens is 592 g/mol. The van der Waals surface area contributed by atoms with Crippen molar-refractivity contribution in [3.8, 4) is 0 Å². The number of rotatable bonds is 0. The van der Waals surface area contributed by atoms with Gasteiger partial charge >= 0.3 is 24.0 Å². The molecule has 1 aromatic carbocycles. The Labute approximate surface area is 259 Å². The summed E-state index contributed by atoms with van der Waals surface area (Å²) in [7, 11) is 3.11. The summed E-state index contributed by atoms with van der Waals surface area (Å²) in [5.41, 5.74) is 1.26. The summed E-state index contributed by atoms with van der Waals surface area (Å²) in [6.07, 6.45) is 0.734. The lowest BCUT2D eigenvalue weighted by atomic mass is 10.1. The Hall–Kier alpha value is -4.48. The van der Waals surface area contributed by atoms with E-state index in [0.717, 1.165) is 0 Å². The number of hydrazone groups is 2. The average molecular weight is 629 g/mol. The van der Waals surface area contributed by atoms with Gasteiger partial charge in [0.1, 0.15) is 13.2 Å². The molecule has 4 amide bonds. The molecule has 0 radical (unpaired) electrons. The predicted molar refractivity (Wildman–Crippen MR) is 154 cm³/mol. The Kier molecular flexibility index (Phi) is 8.99. The molecule has 0 aromatic heterocycles. The number of hydrogen-bond donors (Lipinski definition) is 0. The van der Waals surface area contributed by atoms with Crippen LogP contribution >= 0.6 is 0 Å². The maximum Gasteiger partial charge on any atom is 0.359 e. The van der Waals surface area contributed by atoms with Gasteiger partial charge in [0.2, 0.25) is 0 Å². The lowest BCUT2D eigenvalue weighted by molar-refractivity contribution is -0.152. The van der Waals surface area contributed by atoms with Crippen LogP contribution < -0.4 is 0 Å². The van der Waals surface area contributed by atoms with E-state index < -0.39 is 24.0 Å². The standard InChI is InChI=1S/C28H36N8O9/c1-31-27(39)33-9-7-21-25(37)44-17-15-42-13-11-41-12-14-43-16-18-45-26(38)22-8-10-34-28(40)32(2)30-24(36(22)34)20-5-3-19(4-6-20)23(29-31)35(21)33/h3-6,21-22H,7-18H2,1-2H3/t21-,22+. The van der Waals surface area contributed by atoms with E-state index in [1.54, 1.807) is 48.4 Å². The van der Waals surface area contributed by atoms with Crippen LogP contribution in [0.5, 0.6) is 0 Å². The zero-order chi connectivity index (χ0) is 31.5. The molecular formula is C28H36N8O9. The minimum absolute atomic E-state index is 0.0492. The SMILES string of the molecule is CN1N=C2c3ccc(cc3)C3=NN(C)C(=O)N4CC[C@@H](C(=O)OCCOCCOCCOCCOC(=O)[C@H]5CCN(C1=O)N25)N34. The van der Waals surface area contributed by atoms with E-state index in [1.165, 1.54) is 20.0 Å². The molecule has 2 bridgehead atoms. The van der Waals surface area contributed by atoms with Crippen molar-refractivity contribution in [2.45, 2.75) is 24.9 Å². The number of benzene rings is 1. The van der Waals surface area contributed by atoms with E-state index in [-0.39, 0.29) is 38.5 Å². The molecule has 17 nitrogen and oxygen atoms in total. The number of esters is 2. The first-order valence-electron chi connectivity index (χ1n) is 14.9. The molecule has 0 spiro atoms. The molecule has 0 saturated carbocycles. The predicted octanol–water partition coefficient (Wildman–Crippen LogP) is -0.127. The number of fused-ring (bicyclic) bond motifs is 16. The molecule has 45 heavy (non-hydrogen) atoms. The molecule has 0 unspecified atom stereocenters. The summed E-state index contributed by atoms with van der Waals surface area (Å²) in [6, 6.07) is 4.92. The molecule has 6 heterocycles. The van der Waals surface area contributed by atoms with Gasteiger partial charge in [0, 0.05) is 51.2 Å². The second-order valence-electron chi connectivity index (χ2n) is 10.8. The minimum atomic E-state index is -0.758. The van der Waals surface area contributed by atoms with Crippen molar-refractivity contribution in [1.82, 2.24) is 30.1 Å². The van der Waals surface area contributed by atoms with Gasteiger partial charge in [0.25, 0.3) is 0 Å². The van der Waals surface area contributed by atoms with Crippen LogP contribution in [-0.2, 0) is 33.3 Å². The smallest absolute Gasteiger partial charge is 0.359 e. The van der Waals surface area contributed by atoms with E-state index in [4.69, 9.17) is 23.7 Å². The minimum Gasteiger partial charge on any atom is -0.462 e. The van der Waals surface area contributed by atoms with E-state index in [2.05, 4.69) is 10.2 Å². The Balaban J connectivity index is 1.29. The van der Waals surface area contributed by atoms with Crippen LogP contribution in [0.25, 0.3) is 0 Å². The average Bonchev–Trinajstić information content (AvgIpc) is 3.69. The molecule has 17 heteroatoms. The van der Waals surface area contributed by atoms with Crippen LogP contribution in [0.2, 0.25) is 0 Å². The largest absolute Gasteiger partial charge is 0.462 e. The number of urea groups is 2. The summed E-state index contributed by atoms with van der Waals surface area (Å²) in [5.74, 6) is -0.186. The molecule has 6 aliphatic rings. The summed E-state index contributed by atoms with van der Waals surface area (Å²) < 4.78 is 27.5. The summed E-state index contributed by atoms with van der Waals surface area (Å²) in [6.45, 7) is 2.40. The van der Waals surface area contributed by atoms with Crippen molar-refractivity contribution in [3.05, 3.63) is 35.4 Å². The number of ether oxygens (including phenoxy) is 5. The third kappa shape index (κ3) is 6.10. The highest BCUT2D eigenvalue weighted by Crippen LogP contribution is 2.30. The summed E-state index contributed by atoms with van der Waals surface area (Å²) in [5, 5.41) is 17.6. The Morgan fingerprint density at radius 3 is 1.31 bits per heavy atom. The van der Waals surface area contributed by atoms with Gasteiger partial charge in [-0.2, -0.15) is 0 Å². The number of hydrazine groups is 2. The second-order valence-corrected chi connectivity index (χ2v) is 10.8. The van der Waals surface area contributed by atoms with Gasteiger partial charge in [0.15, 0.2) is 23.8 Å².